The van der Waals surface area contributed by atoms with Gasteiger partial charge in [-0.25, -0.2) is 0 Å². The van der Waals surface area contributed by atoms with E-state index in [0.717, 1.165) is 0 Å². The average molecular weight is 144 g/mol. The first kappa shape index (κ1) is 7.50. The van der Waals surface area contributed by atoms with Crippen molar-refractivity contribution in [2.24, 2.45) is 0 Å². The molecule has 57 valence electrons. The Balaban J connectivity index is 2.07. The van der Waals surface area contributed by atoms with Crippen molar-refractivity contribution >= 4 is 6.41 Å². The van der Waals surface area contributed by atoms with Crippen molar-refractivity contribution in [3.8, 4) is 0 Å². The van der Waals surface area contributed by atoms with Crippen LogP contribution in [0.1, 0.15) is 0 Å². The Bertz CT molecular complexity index is 101. The second-order valence-electron chi connectivity index (χ2n) is 2.05. The van der Waals surface area contributed by atoms with Gasteiger partial charge in [-0.3, -0.25) is 4.79 Å². The summed E-state index contributed by atoms with van der Waals surface area (Å²) in [7, 11) is 0. The van der Waals surface area contributed by atoms with Gasteiger partial charge < -0.3 is 14.8 Å². The third kappa shape index (κ3) is 2.33. The highest BCUT2D eigenvalue weighted by atomic mass is 16.6. The van der Waals surface area contributed by atoms with E-state index in [4.69, 9.17) is 9.47 Å². The van der Waals surface area contributed by atoms with Crippen molar-refractivity contribution in [2.45, 2.75) is 6.10 Å². The van der Waals surface area contributed by atoms with E-state index in [1.54, 1.807) is 6.41 Å². The summed E-state index contributed by atoms with van der Waals surface area (Å²) < 4.78 is 10.3. The first-order valence-corrected chi connectivity index (χ1v) is 3.23. The van der Waals surface area contributed by atoms with Crippen LogP contribution in [0, 0.1) is 0 Å². The van der Waals surface area contributed by atoms with Crippen LogP contribution >= 0.6 is 0 Å². The second-order valence-corrected chi connectivity index (χ2v) is 2.05. The third-order valence-corrected chi connectivity index (χ3v) is 1.29. The summed E-state index contributed by atoms with van der Waals surface area (Å²) in [6.07, 6.45) is 1.59. The Hall–Kier alpha value is -0.610. The van der Waals surface area contributed by atoms with Crippen LogP contribution in [0.2, 0.25) is 0 Å². The lowest BCUT2D eigenvalue weighted by Crippen LogP contribution is -2.36. The van der Waals surface area contributed by atoms with E-state index in [2.05, 4.69) is 5.32 Å². The van der Waals surface area contributed by atoms with Gasteiger partial charge in [-0.15, -0.1) is 0 Å². The third-order valence-electron chi connectivity index (χ3n) is 1.29. The van der Waals surface area contributed by atoms with Gasteiger partial charge in [0.2, 0.25) is 0 Å². The maximum absolute atomic E-state index is 9.72. The van der Waals surface area contributed by atoms with E-state index >= 15 is 0 Å². The van der Waals surface area contributed by atoms with Crippen molar-refractivity contribution in [3.63, 3.8) is 0 Å². The Kier molecular flexibility index (Phi) is 3.18. The van der Waals surface area contributed by atoms with Crippen molar-refractivity contribution in [2.75, 3.05) is 26.4 Å². The van der Waals surface area contributed by atoms with E-state index in [1.165, 1.54) is 0 Å². The minimum Gasteiger partial charge on any atom is -0.376 e. The van der Waals surface area contributed by atoms with E-state index < -0.39 is 0 Å². The van der Waals surface area contributed by atoms with Crippen molar-refractivity contribution in [1.29, 1.82) is 0 Å². The summed E-state index contributed by atoms with van der Waals surface area (Å²) in [6, 6.07) is 0. The Morgan fingerprint density at radius 1 is 1.60 bits per heavy atom. The molecule has 0 aliphatic carbocycles. The second kappa shape index (κ2) is 4.24. The maximum atomic E-state index is 9.72. The van der Waals surface area contributed by atoms with Gasteiger partial charge >= 0.3 is 6.41 Å². The van der Waals surface area contributed by atoms with Gasteiger partial charge in [0.15, 0.2) is 0 Å². The number of hydrogen-bond donors (Lipinski definition) is 1. The molecule has 0 bridgehead atoms. The van der Waals surface area contributed by atoms with Crippen LogP contribution in [0.5, 0.6) is 0 Å². The largest absolute Gasteiger partial charge is 0.376 e. The molecule has 10 heavy (non-hydrogen) atoms. The molecule has 4 nitrogen and oxygen atoms in total. The van der Waals surface area contributed by atoms with Crippen molar-refractivity contribution < 1.29 is 14.3 Å². The predicted octanol–water partition coefficient (Wildman–Crippen LogP) is -0.941. The monoisotopic (exact) mass is 144 g/mol. The molecule has 1 aliphatic heterocycles. The first-order valence-electron chi connectivity index (χ1n) is 3.23. The highest BCUT2D eigenvalue weighted by molar-refractivity contribution is 5.46. The van der Waals surface area contributed by atoms with E-state index in [1.807, 2.05) is 0 Å². The zero-order chi connectivity index (χ0) is 7.23. The number of rotatable bonds is 3. The number of nitrogens with one attached hydrogen (secondary N) is 1. The zero-order valence-electron chi connectivity index (χ0n) is 5.63. The molecular formula is C6H10NO3. The predicted molar refractivity (Wildman–Crippen MR) is 34.3 cm³/mol. The minimum absolute atomic E-state index is 0.00944. The average Bonchev–Trinajstić information content (AvgIpc) is 2.03. The molecule has 1 aliphatic rings. The van der Waals surface area contributed by atoms with Crippen LogP contribution in [0.15, 0.2) is 0 Å². The molecule has 0 saturated carbocycles. The molecule has 1 saturated heterocycles. The Labute approximate surface area is 59.5 Å². The van der Waals surface area contributed by atoms with Crippen LogP contribution in [-0.2, 0) is 14.3 Å². The van der Waals surface area contributed by atoms with E-state index in [9.17, 15) is 4.79 Å². The molecule has 0 aromatic rings. The quantitative estimate of drug-likeness (QED) is 0.520. The topological polar surface area (TPSA) is 47.6 Å². The molecule has 1 heterocycles. The fourth-order valence-corrected chi connectivity index (χ4v) is 0.810. The summed E-state index contributed by atoms with van der Waals surface area (Å²) in [5, 5.41) is 2.41. The highest BCUT2D eigenvalue weighted by Crippen LogP contribution is 1.97. The van der Waals surface area contributed by atoms with Crippen molar-refractivity contribution in [3.05, 3.63) is 0 Å². The summed E-state index contributed by atoms with van der Waals surface area (Å²) >= 11 is 0. The summed E-state index contributed by atoms with van der Waals surface area (Å²) in [4.78, 5) is 9.72. The molecule has 0 aromatic carbocycles. The molecular weight excluding hydrogens is 134 g/mol. The molecule has 1 atom stereocenters. The molecule has 1 fully saturated rings. The van der Waals surface area contributed by atoms with Crippen LogP contribution < -0.4 is 5.32 Å². The van der Waals surface area contributed by atoms with Gasteiger partial charge in [-0.1, -0.05) is 0 Å². The maximum Gasteiger partial charge on any atom is 0.309 e. The summed E-state index contributed by atoms with van der Waals surface area (Å²) in [6.45, 7) is 2.32. The van der Waals surface area contributed by atoms with Crippen LogP contribution in [0.4, 0.5) is 0 Å². The lowest BCUT2D eigenvalue weighted by atomic mass is 10.3. The smallest absolute Gasteiger partial charge is 0.309 e. The Morgan fingerprint density at radius 2 is 2.50 bits per heavy atom. The standard InChI is InChI=1S/C6H10NO3/c8-5-7-3-6-4-9-1-2-10-6/h6H,1-4H2,(H,7,8). The highest BCUT2D eigenvalue weighted by Gasteiger charge is 2.12. The van der Waals surface area contributed by atoms with E-state index in [-0.39, 0.29) is 6.10 Å². The van der Waals surface area contributed by atoms with Crippen molar-refractivity contribution in [1.82, 2.24) is 5.32 Å². The fourth-order valence-electron chi connectivity index (χ4n) is 0.810. The molecule has 0 aromatic heterocycles. The molecule has 1 rings (SSSR count). The van der Waals surface area contributed by atoms with Gasteiger partial charge in [0.1, 0.15) is 0 Å². The van der Waals surface area contributed by atoms with Gasteiger partial charge in [0.05, 0.1) is 25.9 Å². The van der Waals surface area contributed by atoms with Gasteiger partial charge in [0, 0.05) is 6.54 Å². The molecule has 1 radical (unpaired) electrons. The molecule has 4 heteroatoms. The lowest BCUT2D eigenvalue weighted by Gasteiger charge is -2.21. The molecule has 1 amide bonds. The molecule has 1 unspecified atom stereocenters. The number of hydrogen-bond acceptors (Lipinski definition) is 3. The SMILES string of the molecule is O=[C]NCC1COCCO1. The zero-order valence-corrected chi connectivity index (χ0v) is 5.63. The molecule has 1 N–H and O–H groups in total. The minimum atomic E-state index is 0.00944. The molecule has 0 spiro atoms. The Morgan fingerprint density at radius 3 is 3.10 bits per heavy atom. The lowest BCUT2D eigenvalue weighted by molar-refractivity contribution is -0.0850. The van der Waals surface area contributed by atoms with Gasteiger partial charge in [-0.2, -0.15) is 0 Å². The van der Waals surface area contributed by atoms with E-state index in [0.29, 0.717) is 26.4 Å². The normalized spacial score (nSPS) is 25.8. The number of ether oxygens (including phenoxy) is 2. The first-order chi connectivity index (χ1) is 4.93. The summed E-state index contributed by atoms with van der Waals surface area (Å²) in [5.41, 5.74) is 0. The van der Waals surface area contributed by atoms with Gasteiger partial charge in [-0.05, 0) is 0 Å². The fraction of sp³-hybridized carbons (Fsp3) is 0.833. The van der Waals surface area contributed by atoms with Gasteiger partial charge in [0.25, 0.3) is 0 Å². The number of amides is 1. The van der Waals surface area contributed by atoms with Crippen LogP contribution in [0.3, 0.4) is 0 Å². The number of carbonyl (C=O) groups excluding carboxylic acids is 1. The summed E-state index contributed by atoms with van der Waals surface area (Å²) in [5.74, 6) is 0. The van der Waals surface area contributed by atoms with Crippen LogP contribution in [-0.4, -0.2) is 38.9 Å². The van der Waals surface area contributed by atoms with Crippen LogP contribution in [0.25, 0.3) is 0 Å².